The molecule has 4 heteroatoms. The van der Waals surface area contributed by atoms with Crippen molar-refractivity contribution in [3.63, 3.8) is 0 Å². The van der Waals surface area contributed by atoms with Crippen molar-refractivity contribution in [1.29, 1.82) is 0 Å². The number of nitrogens with zero attached hydrogens (tertiary/aromatic N) is 2. The lowest BCUT2D eigenvalue weighted by Crippen LogP contribution is -2.10. The van der Waals surface area contributed by atoms with Crippen LogP contribution in [0.25, 0.3) is 0 Å². The Bertz CT molecular complexity index is 744. The summed E-state index contributed by atoms with van der Waals surface area (Å²) in [6.07, 6.45) is 4.88. The Labute approximate surface area is 149 Å². The first-order valence-corrected chi connectivity index (χ1v) is 8.79. The lowest BCUT2D eigenvalue weighted by molar-refractivity contribution is 0.852. The van der Waals surface area contributed by atoms with Crippen LogP contribution in [0.5, 0.6) is 0 Å². The Morgan fingerprint density at radius 1 is 0.680 bits per heavy atom. The molecule has 0 unspecified atom stereocenters. The molecule has 0 amide bonds. The van der Waals surface area contributed by atoms with Crippen LogP contribution < -0.4 is 10.6 Å². The third kappa shape index (κ3) is 5.92. The van der Waals surface area contributed by atoms with Gasteiger partial charge in [-0.25, -0.2) is 4.98 Å². The van der Waals surface area contributed by atoms with Gasteiger partial charge in [0.1, 0.15) is 5.82 Å². The van der Waals surface area contributed by atoms with E-state index in [1.807, 2.05) is 18.2 Å². The number of hydrogen-bond donors (Lipinski definition) is 2. The number of nitrogens with one attached hydrogen (secondary N) is 2. The van der Waals surface area contributed by atoms with Gasteiger partial charge in [0.05, 0.1) is 0 Å². The molecule has 0 aliphatic heterocycles. The van der Waals surface area contributed by atoms with Gasteiger partial charge < -0.3 is 10.6 Å². The predicted octanol–water partition coefficient (Wildman–Crippen LogP) is 4.18. The highest BCUT2D eigenvalue weighted by molar-refractivity contribution is 5.39. The third-order valence-corrected chi connectivity index (χ3v) is 3.99. The quantitative estimate of drug-likeness (QED) is 0.577. The second-order valence-electron chi connectivity index (χ2n) is 5.94. The summed E-state index contributed by atoms with van der Waals surface area (Å²) >= 11 is 0. The summed E-state index contributed by atoms with van der Waals surface area (Å²) in [5.74, 6) is 1.54. The molecule has 3 aromatic rings. The molecule has 0 saturated carbocycles. The number of aryl methyl sites for hydroxylation is 1. The fourth-order valence-electron chi connectivity index (χ4n) is 2.66. The van der Waals surface area contributed by atoms with Gasteiger partial charge in [0.15, 0.2) is 0 Å². The highest BCUT2D eigenvalue weighted by atomic mass is 15.1. The fourth-order valence-corrected chi connectivity index (χ4v) is 2.66. The Balaban J connectivity index is 1.40. The minimum atomic E-state index is 0.678. The Morgan fingerprint density at radius 3 is 2.08 bits per heavy atom. The molecular formula is C21H24N4. The van der Waals surface area contributed by atoms with Gasteiger partial charge in [0, 0.05) is 19.3 Å². The predicted molar refractivity (Wildman–Crippen MR) is 104 cm³/mol. The van der Waals surface area contributed by atoms with Crippen LogP contribution in [0.1, 0.15) is 17.5 Å². The smallest absolute Gasteiger partial charge is 0.224 e. The Kier molecular flexibility index (Phi) is 6.39. The van der Waals surface area contributed by atoms with Crippen LogP contribution in [0.15, 0.2) is 72.9 Å². The third-order valence-electron chi connectivity index (χ3n) is 3.99. The van der Waals surface area contributed by atoms with Gasteiger partial charge in [0.25, 0.3) is 0 Å². The Morgan fingerprint density at radius 2 is 1.36 bits per heavy atom. The van der Waals surface area contributed by atoms with Crippen molar-refractivity contribution >= 4 is 11.8 Å². The molecule has 2 N–H and O–H groups in total. The van der Waals surface area contributed by atoms with Crippen molar-refractivity contribution in [2.45, 2.75) is 19.3 Å². The Hall–Kier alpha value is -2.88. The number of anilines is 2. The molecule has 0 saturated heterocycles. The van der Waals surface area contributed by atoms with Crippen LogP contribution >= 0.6 is 0 Å². The second-order valence-corrected chi connectivity index (χ2v) is 5.94. The monoisotopic (exact) mass is 332 g/mol. The van der Waals surface area contributed by atoms with Crippen LogP contribution in [0, 0.1) is 0 Å². The molecule has 1 heterocycles. The van der Waals surface area contributed by atoms with E-state index < -0.39 is 0 Å². The standard InChI is InChI=1S/C21H24N4/c1-3-8-18(9-4-1)12-7-15-23-21-24-17-14-20(25-21)22-16-13-19-10-5-2-6-11-19/h1-6,8-11,14,17H,7,12-13,15-16H2,(H2,22,23,24,25). The molecule has 0 fully saturated rings. The molecule has 0 atom stereocenters. The molecule has 0 aliphatic carbocycles. The van der Waals surface area contributed by atoms with E-state index in [-0.39, 0.29) is 0 Å². The van der Waals surface area contributed by atoms with E-state index in [9.17, 15) is 0 Å². The topological polar surface area (TPSA) is 49.8 Å². The van der Waals surface area contributed by atoms with Gasteiger partial charge in [-0.2, -0.15) is 4.98 Å². The van der Waals surface area contributed by atoms with Gasteiger partial charge in [0.2, 0.25) is 5.95 Å². The van der Waals surface area contributed by atoms with E-state index in [1.54, 1.807) is 6.20 Å². The van der Waals surface area contributed by atoms with Crippen LogP contribution in [0.3, 0.4) is 0 Å². The molecule has 3 rings (SSSR count). The summed E-state index contributed by atoms with van der Waals surface area (Å²) in [5.41, 5.74) is 2.69. The van der Waals surface area contributed by atoms with Crippen LogP contribution in [-0.2, 0) is 12.8 Å². The SMILES string of the molecule is c1ccc(CCCNc2nccc(NCCc3ccccc3)n2)cc1. The molecule has 0 spiro atoms. The van der Waals surface area contributed by atoms with E-state index in [4.69, 9.17) is 0 Å². The lowest BCUT2D eigenvalue weighted by atomic mass is 10.1. The molecule has 2 aromatic carbocycles. The van der Waals surface area contributed by atoms with Crippen molar-refractivity contribution < 1.29 is 0 Å². The summed E-state index contributed by atoms with van der Waals surface area (Å²) < 4.78 is 0. The van der Waals surface area contributed by atoms with E-state index >= 15 is 0 Å². The number of hydrogen-bond acceptors (Lipinski definition) is 4. The summed E-state index contributed by atoms with van der Waals surface area (Å²) in [6, 6.07) is 22.9. The molecular weight excluding hydrogens is 308 g/mol. The van der Waals surface area contributed by atoms with Crippen LogP contribution in [0.4, 0.5) is 11.8 Å². The summed E-state index contributed by atoms with van der Waals surface area (Å²) in [5, 5.41) is 6.66. The zero-order valence-corrected chi connectivity index (χ0v) is 14.4. The normalized spacial score (nSPS) is 10.4. The summed E-state index contributed by atoms with van der Waals surface area (Å²) in [6.45, 7) is 1.72. The van der Waals surface area contributed by atoms with E-state index in [0.717, 1.165) is 38.2 Å². The van der Waals surface area contributed by atoms with Gasteiger partial charge >= 0.3 is 0 Å². The summed E-state index contributed by atoms with van der Waals surface area (Å²) in [4.78, 5) is 8.80. The van der Waals surface area contributed by atoms with Crippen LogP contribution in [0.2, 0.25) is 0 Å². The molecule has 0 aliphatic rings. The second kappa shape index (κ2) is 9.42. The average Bonchev–Trinajstić information content (AvgIpc) is 2.67. The highest BCUT2D eigenvalue weighted by Crippen LogP contribution is 2.08. The van der Waals surface area contributed by atoms with Gasteiger partial charge in [-0.05, 0) is 36.5 Å². The molecule has 0 radical (unpaired) electrons. The van der Waals surface area contributed by atoms with Gasteiger partial charge in [-0.1, -0.05) is 60.7 Å². The molecule has 128 valence electrons. The van der Waals surface area contributed by atoms with Gasteiger partial charge in [-0.15, -0.1) is 0 Å². The first-order valence-electron chi connectivity index (χ1n) is 8.79. The maximum atomic E-state index is 4.52. The van der Waals surface area contributed by atoms with Crippen molar-refractivity contribution in [2.24, 2.45) is 0 Å². The zero-order valence-electron chi connectivity index (χ0n) is 14.4. The average molecular weight is 332 g/mol. The maximum Gasteiger partial charge on any atom is 0.224 e. The minimum absolute atomic E-state index is 0.678. The van der Waals surface area contributed by atoms with E-state index in [1.165, 1.54) is 11.1 Å². The lowest BCUT2D eigenvalue weighted by Gasteiger charge is -2.08. The molecule has 25 heavy (non-hydrogen) atoms. The first kappa shape index (κ1) is 17.0. The van der Waals surface area contributed by atoms with Crippen LogP contribution in [-0.4, -0.2) is 23.1 Å². The number of benzene rings is 2. The molecule has 0 bridgehead atoms. The number of rotatable bonds is 9. The minimum Gasteiger partial charge on any atom is -0.370 e. The van der Waals surface area contributed by atoms with Crippen molar-refractivity contribution in [1.82, 2.24) is 9.97 Å². The molecule has 1 aromatic heterocycles. The van der Waals surface area contributed by atoms with Crippen molar-refractivity contribution in [3.8, 4) is 0 Å². The highest BCUT2D eigenvalue weighted by Gasteiger charge is 1.99. The number of aromatic nitrogens is 2. The van der Waals surface area contributed by atoms with E-state index in [0.29, 0.717) is 5.95 Å². The maximum absolute atomic E-state index is 4.52. The van der Waals surface area contributed by atoms with Crippen molar-refractivity contribution in [2.75, 3.05) is 23.7 Å². The van der Waals surface area contributed by atoms with Gasteiger partial charge in [-0.3, -0.25) is 0 Å². The largest absolute Gasteiger partial charge is 0.370 e. The first-order chi connectivity index (χ1) is 12.4. The fraction of sp³-hybridized carbons (Fsp3) is 0.238. The molecule has 4 nitrogen and oxygen atoms in total. The van der Waals surface area contributed by atoms with E-state index in [2.05, 4.69) is 69.1 Å². The van der Waals surface area contributed by atoms with Crippen molar-refractivity contribution in [3.05, 3.63) is 84.1 Å². The summed E-state index contributed by atoms with van der Waals surface area (Å²) in [7, 11) is 0. The zero-order chi connectivity index (χ0) is 17.2.